The lowest BCUT2D eigenvalue weighted by molar-refractivity contribution is 0.102. The molecule has 0 saturated carbocycles. The molecule has 144 valence electrons. The number of fused-ring (bicyclic) bond motifs is 3. The summed E-state index contributed by atoms with van der Waals surface area (Å²) in [4.78, 5) is 25.6. The molecule has 0 atom stereocenters. The molecule has 0 bridgehead atoms. The van der Waals surface area contributed by atoms with Gasteiger partial charge >= 0.3 is 5.63 Å². The molecular formula is C23H22O4S. The topological polar surface area (TPSA) is 56.5 Å². The van der Waals surface area contributed by atoms with E-state index in [-0.39, 0.29) is 17.3 Å². The number of ketones is 1. The lowest BCUT2D eigenvalue weighted by atomic mass is 9.91. The summed E-state index contributed by atoms with van der Waals surface area (Å²) in [6.45, 7) is 9.66. The number of carbonyl (C=O) groups excluding carboxylic acids is 1. The van der Waals surface area contributed by atoms with Gasteiger partial charge in [0.1, 0.15) is 16.9 Å². The van der Waals surface area contributed by atoms with Gasteiger partial charge in [-0.15, -0.1) is 11.3 Å². The number of rotatable bonds is 3. The van der Waals surface area contributed by atoms with E-state index in [1.165, 1.54) is 11.3 Å². The molecule has 28 heavy (non-hydrogen) atoms. The van der Waals surface area contributed by atoms with Crippen molar-refractivity contribution in [3.05, 3.63) is 56.8 Å². The fourth-order valence-electron chi connectivity index (χ4n) is 3.52. The Morgan fingerprint density at radius 3 is 2.57 bits per heavy atom. The molecule has 4 rings (SSSR count). The third-order valence-electron chi connectivity index (χ3n) is 4.91. The van der Waals surface area contributed by atoms with E-state index in [0.29, 0.717) is 10.5 Å². The molecule has 0 fully saturated rings. The SMILES string of the molecule is CC(=O)c1ccc(-c2cc3oc(=O)cc(C(C)C)c3c3c2C=CC(C)(C)O3)s1. The summed E-state index contributed by atoms with van der Waals surface area (Å²) in [6.07, 6.45) is 4.09. The smallest absolute Gasteiger partial charge is 0.336 e. The van der Waals surface area contributed by atoms with E-state index >= 15 is 0 Å². The average Bonchev–Trinajstić information content (AvgIpc) is 3.09. The highest BCUT2D eigenvalue weighted by Crippen LogP contribution is 2.46. The summed E-state index contributed by atoms with van der Waals surface area (Å²) in [6, 6.07) is 7.21. The van der Waals surface area contributed by atoms with Crippen molar-refractivity contribution in [1.29, 1.82) is 0 Å². The second-order valence-electron chi connectivity index (χ2n) is 7.97. The molecule has 1 aliphatic heterocycles. The van der Waals surface area contributed by atoms with E-state index < -0.39 is 5.60 Å². The quantitative estimate of drug-likeness (QED) is 0.402. The molecule has 5 heteroatoms. The van der Waals surface area contributed by atoms with Crippen LogP contribution < -0.4 is 10.4 Å². The predicted molar refractivity (Wildman–Crippen MR) is 114 cm³/mol. The summed E-state index contributed by atoms with van der Waals surface area (Å²) in [7, 11) is 0. The van der Waals surface area contributed by atoms with Gasteiger partial charge in [0.05, 0.1) is 10.3 Å². The van der Waals surface area contributed by atoms with Gasteiger partial charge in [-0.2, -0.15) is 0 Å². The first-order chi connectivity index (χ1) is 13.2. The van der Waals surface area contributed by atoms with Crippen LogP contribution in [-0.2, 0) is 0 Å². The summed E-state index contributed by atoms with van der Waals surface area (Å²) < 4.78 is 11.9. The van der Waals surface area contributed by atoms with Gasteiger partial charge in [0.15, 0.2) is 5.78 Å². The van der Waals surface area contributed by atoms with Gasteiger partial charge in [-0.25, -0.2) is 4.79 Å². The van der Waals surface area contributed by atoms with E-state index in [9.17, 15) is 9.59 Å². The van der Waals surface area contributed by atoms with Crippen LogP contribution in [0, 0.1) is 0 Å². The Balaban J connectivity index is 2.10. The molecule has 0 spiro atoms. The highest BCUT2D eigenvalue weighted by atomic mass is 32.1. The number of hydrogen-bond donors (Lipinski definition) is 0. The van der Waals surface area contributed by atoms with Gasteiger partial charge in [0.25, 0.3) is 0 Å². The fourth-order valence-corrected chi connectivity index (χ4v) is 4.46. The third-order valence-corrected chi connectivity index (χ3v) is 6.13. The molecule has 3 heterocycles. The van der Waals surface area contributed by atoms with Crippen LogP contribution in [0.15, 0.2) is 39.6 Å². The molecule has 0 amide bonds. The third kappa shape index (κ3) is 3.10. The maximum absolute atomic E-state index is 12.2. The standard InChI is InChI=1S/C23H22O4S/c1-12(2)15-11-20(25)26-17-10-16(19-7-6-18(28-19)13(3)24)14-8-9-23(4,5)27-22(14)21(15)17/h6-12H,1-5H3. The zero-order valence-corrected chi connectivity index (χ0v) is 17.4. The van der Waals surface area contributed by atoms with Gasteiger partial charge in [0.2, 0.25) is 0 Å². The van der Waals surface area contributed by atoms with Gasteiger partial charge in [-0.05, 0) is 56.5 Å². The van der Waals surface area contributed by atoms with E-state index in [4.69, 9.17) is 9.15 Å². The second kappa shape index (κ2) is 6.45. The van der Waals surface area contributed by atoms with Crippen molar-refractivity contribution in [2.24, 2.45) is 0 Å². The number of hydrogen-bond acceptors (Lipinski definition) is 5. The maximum Gasteiger partial charge on any atom is 0.336 e. The van der Waals surface area contributed by atoms with Gasteiger partial charge in [-0.3, -0.25) is 4.79 Å². The number of benzene rings is 1. The molecular weight excluding hydrogens is 372 g/mol. The zero-order chi connectivity index (χ0) is 20.2. The second-order valence-corrected chi connectivity index (χ2v) is 9.06. The minimum Gasteiger partial charge on any atom is -0.482 e. The van der Waals surface area contributed by atoms with Crippen LogP contribution in [0.25, 0.3) is 27.5 Å². The number of thiophene rings is 1. The molecule has 1 aromatic carbocycles. The molecule has 0 saturated heterocycles. The van der Waals surface area contributed by atoms with Crippen molar-refractivity contribution >= 4 is 34.2 Å². The van der Waals surface area contributed by atoms with Gasteiger partial charge in [0, 0.05) is 22.1 Å². The van der Waals surface area contributed by atoms with Crippen LogP contribution in [0.1, 0.15) is 61.3 Å². The highest BCUT2D eigenvalue weighted by molar-refractivity contribution is 7.17. The molecule has 0 radical (unpaired) electrons. The van der Waals surface area contributed by atoms with Crippen LogP contribution in [0.2, 0.25) is 0 Å². The molecule has 0 aliphatic carbocycles. The van der Waals surface area contributed by atoms with Crippen molar-refractivity contribution in [1.82, 2.24) is 0 Å². The van der Waals surface area contributed by atoms with Crippen LogP contribution in [0.3, 0.4) is 0 Å². The van der Waals surface area contributed by atoms with E-state index in [1.807, 2.05) is 38.1 Å². The molecule has 0 N–H and O–H groups in total. The van der Waals surface area contributed by atoms with Crippen LogP contribution in [0.5, 0.6) is 5.75 Å². The molecule has 1 aliphatic rings. The minimum atomic E-state index is -0.469. The Morgan fingerprint density at radius 2 is 1.93 bits per heavy atom. The maximum atomic E-state index is 12.2. The van der Waals surface area contributed by atoms with Crippen molar-refractivity contribution < 1.29 is 13.9 Å². The summed E-state index contributed by atoms with van der Waals surface area (Å²) in [5, 5.41) is 0.842. The van der Waals surface area contributed by atoms with Crippen LogP contribution in [-0.4, -0.2) is 11.4 Å². The largest absolute Gasteiger partial charge is 0.482 e. The van der Waals surface area contributed by atoms with Gasteiger partial charge in [-0.1, -0.05) is 19.9 Å². The average molecular weight is 394 g/mol. The number of ether oxygens (including phenoxy) is 1. The zero-order valence-electron chi connectivity index (χ0n) is 16.6. The lowest BCUT2D eigenvalue weighted by Crippen LogP contribution is -2.28. The fraction of sp³-hybridized carbons (Fsp3) is 0.304. The Morgan fingerprint density at radius 1 is 1.18 bits per heavy atom. The van der Waals surface area contributed by atoms with E-state index in [0.717, 1.165) is 32.7 Å². The lowest BCUT2D eigenvalue weighted by Gasteiger charge is -2.30. The number of Topliss-reactive ketones (excluding diaryl/α,β-unsaturated/α-hetero) is 1. The van der Waals surface area contributed by atoms with Crippen molar-refractivity contribution in [2.75, 3.05) is 0 Å². The Labute approximate surface area is 167 Å². The van der Waals surface area contributed by atoms with Crippen LogP contribution >= 0.6 is 11.3 Å². The summed E-state index contributed by atoms with van der Waals surface area (Å²) in [5.74, 6) is 0.905. The molecule has 3 aromatic rings. The Bertz CT molecular complexity index is 1190. The Hall–Kier alpha value is -2.66. The van der Waals surface area contributed by atoms with Crippen molar-refractivity contribution in [2.45, 2.75) is 46.1 Å². The molecule has 4 nitrogen and oxygen atoms in total. The minimum absolute atomic E-state index is 0.0347. The first kappa shape index (κ1) is 18.7. The molecule has 0 unspecified atom stereocenters. The number of carbonyl (C=O) groups is 1. The van der Waals surface area contributed by atoms with Crippen molar-refractivity contribution in [3.8, 4) is 16.2 Å². The Kier molecular flexibility index (Phi) is 4.31. The van der Waals surface area contributed by atoms with E-state index in [2.05, 4.69) is 19.9 Å². The van der Waals surface area contributed by atoms with Crippen LogP contribution in [0.4, 0.5) is 0 Å². The van der Waals surface area contributed by atoms with E-state index in [1.54, 1.807) is 13.0 Å². The first-order valence-electron chi connectivity index (χ1n) is 9.30. The summed E-state index contributed by atoms with van der Waals surface area (Å²) >= 11 is 1.43. The molecule has 2 aromatic heterocycles. The highest BCUT2D eigenvalue weighted by Gasteiger charge is 2.29. The monoisotopic (exact) mass is 394 g/mol. The van der Waals surface area contributed by atoms with Crippen molar-refractivity contribution in [3.63, 3.8) is 0 Å². The van der Waals surface area contributed by atoms with Gasteiger partial charge < -0.3 is 9.15 Å². The normalized spacial score (nSPS) is 14.9. The summed E-state index contributed by atoms with van der Waals surface area (Å²) in [5.41, 5.74) is 2.42. The predicted octanol–water partition coefficient (Wildman–Crippen LogP) is 6.03. The first-order valence-corrected chi connectivity index (χ1v) is 10.1.